The standard InChI is InChI=1S/C12H15N3O/c1-3-10(13)12-14-11(15-16-12)9-6-4-5-8(2)7-9/h4-7,10H,3,13H2,1-2H3. The molecule has 2 N–H and O–H groups in total. The molecule has 0 spiro atoms. The lowest BCUT2D eigenvalue weighted by molar-refractivity contribution is 0.352. The summed E-state index contributed by atoms with van der Waals surface area (Å²) in [5.74, 6) is 1.10. The molecule has 0 aliphatic carbocycles. The monoisotopic (exact) mass is 217 g/mol. The van der Waals surface area contributed by atoms with Gasteiger partial charge in [0.15, 0.2) is 0 Å². The van der Waals surface area contributed by atoms with Crippen molar-refractivity contribution >= 4 is 0 Å². The van der Waals surface area contributed by atoms with Gasteiger partial charge >= 0.3 is 0 Å². The van der Waals surface area contributed by atoms with Crippen LogP contribution in [0.5, 0.6) is 0 Å². The molecule has 1 unspecified atom stereocenters. The van der Waals surface area contributed by atoms with E-state index in [4.69, 9.17) is 10.3 Å². The Hall–Kier alpha value is -1.68. The maximum atomic E-state index is 5.82. The minimum absolute atomic E-state index is 0.175. The normalized spacial score (nSPS) is 12.7. The maximum absolute atomic E-state index is 5.82. The Kier molecular flexibility index (Phi) is 3.01. The zero-order valence-electron chi connectivity index (χ0n) is 9.47. The molecular weight excluding hydrogens is 202 g/mol. The maximum Gasteiger partial charge on any atom is 0.243 e. The van der Waals surface area contributed by atoms with Gasteiger partial charge in [-0.25, -0.2) is 0 Å². The van der Waals surface area contributed by atoms with Crippen molar-refractivity contribution in [1.82, 2.24) is 10.1 Å². The summed E-state index contributed by atoms with van der Waals surface area (Å²) in [5.41, 5.74) is 7.95. The van der Waals surface area contributed by atoms with Crippen LogP contribution < -0.4 is 5.73 Å². The van der Waals surface area contributed by atoms with E-state index in [1.807, 2.05) is 38.1 Å². The van der Waals surface area contributed by atoms with Crippen LogP contribution in [-0.4, -0.2) is 10.1 Å². The van der Waals surface area contributed by atoms with E-state index in [9.17, 15) is 0 Å². The molecule has 4 nitrogen and oxygen atoms in total. The molecule has 0 fully saturated rings. The largest absolute Gasteiger partial charge is 0.337 e. The van der Waals surface area contributed by atoms with E-state index in [0.717, 1.165) is 12.0 Å². The van der Waals surface area contributed by atoms with Crippen molar-refractivity contribution in [3.63, 3.8) is 0 Å². The molecule has 1 heterocycles. The Balaban J connectivity index is 2.31. The summed E-state index contributed by atoms with van der Waals surface area (Å²) >= 11 is 0. The Labute approximate surface area is 94.5 Å². The molecule has 2 rings (SSSR count). The minimum Gasteiger partial charge on any atom is -0.337 e. The predicted octanol–water partition coefficient (Wildman–Crippen LogP) is 2.45. The topological polar surface area (TPSA) is 64.9 Å². The fourth-order valence-electron chi connectivity index (χ4n) is 1.46. The third kappa shape index (κ3) is 2.12. The van der Waals surface area contributed by atoms with Gasteiger partial charge in [0.25, 0.3) is 0 Å². The molecule has 0 saturated carbocycles. The van der Waals surface area contributed by atoms with E-state index in [1.165, 1.54) is 5.56 Å². The number of hydrogen-bond donors (Lipinski definition) is 1. The number of aromatic nitrogens is 2. The highest BCUT2D eigenvalue weighted by molar-refractivity contribution is 5.55. The van der Waals surface area contributed by atoms with Crippen LogP contribution in [0.3, 0.4) is 0 Å². The van der Waals surface area contributed by atoms with E-state index in [0.29, 0.717) is 11.7 Å². The van der Waals surface area contributed by atoms with Gasteiger partial charge in [0.2, 0.25) is 11.7 Å². The van der Waals surface area contributed by atoms with Crippen molar-refractivity contribution < 1.29 is 4.52 Å². The van der Waals surface area contributed by atoms with Gasteiger partial charge in [-0.15, -0.1) is 0 Å². The highest BCUT2D eigenvalue weighted by Crippen LogP contribution is 2.19. The van der Waals surface area contributed by atoms with E-state index in [1.54, 1.807) is 0 Å². The van der Waals surface area contributed by atoms with Gasteiger partial charge in [0.1, 0.15) is 0 Å². The van der Waals surface area contributed by atoms with Crippen LogP contribution in [0.2, 0.25) is 0 Å². The van der Waals surface area contributed by atoms with E-state index >= 15 is 0 Å². The smallest absolute Gasteiger partial charge is 0.243 e. The summed E-state index contributed by atoms with van der Waals surface area (Å²) in [6, 6.07) is 7.81. The molecule has 0 aliphatic rings. The van der Waals surface area contributed by atoms with Gasteiger partial charge in [0.05, 0.1) is 6.04 Å². The summed E-state index contributed by atoms with van der Waals surface area (Å²) in [5, 5.41) is 3.93. The molecule has 4 heteroatoms. The molecular formula is C12H15N3O. The average Bonchev–Trinajstić information content (AvgIpc) is 2.77. The van der Waals surface area contributed by atoms with E-state index < -0.39 is 0 Å². The van der Waals surface area contributed by atoms with E-state index in [2.05, 4.69) is 10.1 Å². The fourth-order valence-corrected chi connectivity index (χ4v) is 1.46. The number of nitrogens with zero attached hydrogens (tertiary/aromatic N) is 2. The molecule has 0 radical (unpaired) electrons. The van der Waals surface area contributed by atoms with Gasteiger partial charge in [-0.05, 0) is 19.4 Å². The summed E-state index contributed by atoms with van der Waals surface area (Å²) in [6.45, 7) is 4.02. The van der Waals surface area contributed by atoms with Gasteiger partial charge < -0.3 is 10.3 Å². The van der Waals surface area contributed by atoms with Crippen molar-refractivity contribution in [3.8, 4) is 11.4 Å². The SMILES string of the molecule is CCC(N)c1nc(-c2cccc(C)c2)no1. The number of nitrogens with two attached hydrogens (primary N) is 1. The first-order chi connectivity index (χ1) is 7.70. The first-order valence-corrected chi connectivity index (χ1v) is 5.37. The lowest BCUT2D eigenvalue weighted by atomic mass is 10.1. The Morgan fingerprint density at radius 1 is 1.44 bits per heavy atom. The fraction of sp³-hybridized carbons (Fsp3) is 0.333. The molecule has 1 aromatic carbocycles. The second-order valence-electron chi connectivity index (χ2n) is 3.84. The number of rotatable bonds is 3. The number of benzene rings is 1. The number of hydrogen-bond acceptors (Lipinski definition) is 4. The lowest BCUT2D eigenvalue weighted by Gasteiger charge is -1.99. The van der Waals surface area contributed by atoms with Crippen LogP contribution in [0.4, 0.5) is 0 Å². The van der Waals surface area contributed by atoms with Crippen molar-refractivity contribution in [1.29, 1.82) is 0 Å². The third-order valence-electron chi connectivity index (χ3n) is 2.48. The van der Waals surface area contributed by atoms with E-state index in [-0.39, 0.29) is 6.04 Å². The Bertz CT molecular complexity index is 479. The van der Waals surface area contributed by atoms with Crippen LogP contribution >= 0.6 is 0 Å². The first kappa shape index (κ1) is 10.8. The second-order valence-corrected chi connectivity index (χ2v) is 3.84. The van der Waals surface area contributed by atoms with Gasteiger partial charge in [-0.2, -0.15) is 4.98 Å². The van der Waals surface area contributed by atoms with Crippen LogP contribution in [0.25, 0.3) is 11.4 Å². The average molecular weight is 217 g/mol. The van der Waals surface area contributed by atoms with Gasteiger partial charge in [0, 0.05) is 5.56 Å². The quantitative estimate of drug-likeness (QED) is 0.857. The third-order valence-corrected chi connectivity index (χ3v) is 2.48. The van der Waals surface area contributed by atoms with Crippen LogP contribution in [-0.2, 0) is 0 Å². The molecule has 0 amide bonds. The predicted molar refractivity (Wildman–Crippen MR) is 61.7 cm³/mol. The molecule has 0 aliphatic heterocycles. The van der Waals surface area contributed by atoms with Gasteiger partial charge in [-0.3, -0.25) is 0 Å². The molecule has 0 saturated heterocycles. The van der Waals surface area contributed by atoms with Crippen molar-refractivity contribution in [3.05, 3.63) is 35.7 Å². The second kappa shape index (κ2) is 4.45. The Morgan fingerprint density at radius 3 is 2.94 bits per heavy atom. The highest BCUT2D eigenvalue weighted by Gasteiger charge is 2.13. The molecule has 84 valence electrons. The van der Waals surface area contributed by atoms with Crippen molar-refractivity contribution in [2.75, 3.05) is 0 Å². The van der Waals surface area contributed by atoms with Crippen molar-refractivity contribution in [2.45, 2.75) is 26.3 Å². The molecule has 2 aromatic rings. The first-order valence-electron chi connectivity index (χ1n) is 5.37. The summed E-state index contributed by atoms with van der Waals surface area (Å²) in [4.78, 5) is 4.29. The summed E-state index contributed by atoms with van der Waals surface area (Å²) in [6.07, 6.45) is 0.787. The van der Waals surface area contributed by atoms with Crippen LogP contribution in [0, 0.1) is 6.92 Å². The molecule has 1 atom stereocenters. The number of aryl methyl sites for hydroxylation is 1. The van der Waals surface area contributed by atoms with Crippen LogP contribution in [0.1, 0.15) is 30.8 Å². The van der Waals surface area contributed by atoms with Crippen molar-refractivity contribution in [2.24, 2.45) is 5.73 Å². The summed E-state index contributed by atoms with van der Waals surface area (Å²) in [7, 11) is 0. The molecule has 16 heavy (non-hydrogen) atoms. The lowest BCUT2D eigenvalue weighted by Crippen LogP contribution is -2.08. The summed E-state index contributed by atoms with van der Waals surface area (Å²) < 4.78 is 5.13. The van der Waals surface area contributed by atoms with Crippen LogP contribution in [0.15, 0.2) is 28.8 Å². The molecule has 0 bridgehead atoms. The Morgan fingerprint density at radius 2 is 2.25 bits per heavy atom. The molecule has 1 aromatic heterocycles. The minimum atomic E-state index is -0.175. The zero-order valence-corrected chi connectivity index (χ0v) is 9.47. The van der Waals surface area contributed by atoms with Gasteiger partial charge in [-0.1, -0.05) is 35.8 Å². The zero-order chi connectivity index (χ0) is 11.5. The highest BCUT2D eigenvalue weighted by atomic mass is 16.5.